The molecule has 1 atom stereocenters. The number of nitrogens with two attached hydrogens (primary N) is 1. The Bertz CT molecular complexity index is 441. The summed E-state index contributed by atoms with van der Waals surface area (Å²) in [7, 11) is 0. The predicted octanol–water partition coefficient (Wildman–Crippen LogP) is 3.01. The topological polar surface area (TPSA) is 64.3 Å². The number of carbonyl (C=O) groups is 1. The number of halogens is 2. The molecule has 0 aliphatic heterocycles. The molecule has 0 aliphatic carbocycles. The summed E-state index contributed by atoms with van der Waals surface area (Å²) >= 11 is 6.98. The highest BCUT2D eigenvalue weighted by molar-refractivity contribution is 9.11. The largest absolute Gasteiger partial charge is 0.491 e. The van der Waals surface area contributed by atoms with E-state index in [1.165, 1.54) is 0 Å². The van der Waals surface area contributed by atoms with Gasteiger partial charge in [-0.05, 0) is 69.8 Å². The number of amides is 1. The van der Waals surface area contributed by atoms with Crippen molar-refractivity contribution in [1.29, 1.82) is 0 Å². The van der Waals surface area contributed by atoms with Gasteiger partial charge in [0.2, 0.25) is 5.91 Å². The lowest BCUT2D eigenvalue weighted by Crippen LogP contribution is -2.24. The van der Waals surface area contributed by atoms with Crippen LogP contribution in [0.2, 0.25) is 0 Å². The van der Waals surface area contributed by atoms with Crippen LogP contribution in [0.1, 0.15) is 25.8 Å². The molecule has 4 nitrogen and oxygen atoms in total. The van der Waals surface area contributed by atoms with Gasteiger partial charge in [0, 0.05) is 12.6 Å². The van der Waals surface area contributed by atoms with Gasteiger partial charge in [-0.1, -0.05) is 0 Å². The van der Waals surface area contributed by atoms with E-state index in [1.54, 1.807) is 0 Å². The van der Waals surface area contributed by atoms with Crippen LogP contribution in [-0.4, -0.2) is 25.1 Å². The number of hydrogen-bond donors (Lipinski definition) is 2. The quantitative estimate of drug-likeness (QED) is 0.730. The van der Waals surface area contributed by atoms with Crippen molar-refractivity contribution in [2.45, 2.75) is 32.7 Å². The lowest BCUT2D eigenvalue weighted by Gasteiger charge is -2.13. The van der Waals surface area contributed by atoms with Gasteiger partial charge in [0.05, 0.1) is 22.0 Å². The molecule has 0 fully saturated rings. The fourth-order valence-electron chi connectivity index (χ4n) is 1.77. The Morgan fingerprint density at radius 2 is 2.00 bits per heavy atom. The monoisotopic (exact) mass is 406 g/mol. The minimum atomic E-state index is -0.00618. The minimum Gasteiger partial charge on any atom is -0.491 e. The first-order valence-electron chi connectivity index (χ1n) is 6.57. The SMILES string of the molecule is CCNC(=O)CCOc1c(Br)cc(CC(C)N)cc1Br. The Hall–Kier alpha value is -0.590. The van der Waals surface area contributed by atoms with Crippen LogP contribution in [0.5, 0.6) is 5.75 Å². The summed E-state index contributed by atoms with van der Waals surface area (Å²) < 4.78 is 7.38. The zero-order chi connectivity index (χ0) is 15.1. The normalized spacial score (nSPS) is 12.1. The van der Waals surface area contributed by atoms with E-state index in [4.69, 9.17) is 10.5 Å². The molecule has 1 aromatic carbocycles. The number of hydrogen-bond acceptors (Lipinski definition) is 3. The third kappa shape index (κ3) is 5.81. The second-order valence-electron chi connectivity index (χ2n) is 4.62. The van der Waals surface area contributed by atoms with Gasteiger partial charge in [0.1, 0.15) is 5.75 Å². The van der Waals surface area contributed by atoms with Crippen molar-refractivity contribution >= 4 is 37.8 Å². The van der Waals surface area contributed by atoms with Gasteiger partial charge in [-0.2, -0.15) is 0 Å². The Balaban J connectivity index is 2.64. The lowest BCUT2D eigenvalue weighted by molar-refractivity contribution is -0.121. The maximum absolute atomic E-state index is 11.4. The average molecular weight is 408 g/mol. The van der Waals surface area contributed by atoms with Crippen LogP contribution in [-0.2, 0) is 11.2 Å². The second-order valence-corrected chi connectivity index (χ2v) is 6.33. The smallest absolute Gasteiger partial charge is 0.223 e. The first kappa shape index (κ1) is 17.5. The summed E-state index contributed by atoms with van der Waals surface area (Å²) in [4.78, 5) is 11.4. The molecule has 0 saturated heterocycles. The van der Waals surface area contributed by atoms with Crippen molar-refractivity contribution in [2.24, 2.45) is 5.73 Å². The van der Waals surface area contributed by atoms with Crippen LogP contribution in [0, 0.1) is 0 Å². The van der Waals surface area contributed by atoms with Crippen LogP contribution in [0.25, 0.3) is 0 Å². The van der Waals surface area contributed by atoms with Crippen LogP contribution in [0.15, 0.2) is 21.1 Å². The molecule has 112 valence electrons. The summed E-state index contributed by atoms with van der Waals surface area (Å²) in [5.74, 6) is 0.705. The molecule has 20 heavy (non-hydrogen) atoms. The molecule has 0 aromatic heterocycles. The standard InChI is InChI=1S/C14H20Br2N2O2/c1-3-18-13(19)4-5-20-14-11(15)7-10(6-9(2)17)8-12(14)16/h7-9H,3-6,17H2,1-2H3,(H,18,19). The van der Waals surface area contributed by atoms with Gasteiger partial charge in [0.25, 0.3) is 0 Å². The highest BCUT2D eigenvalue weighted by Crippen LogP contribution is 2.35. The maximum Gasteiger partial charge on any atom is 0.223 e. The molecule has 0 radical (unpaired) electrons. The van der Waals surface area contributed by atoms with E-state index in [0.29, 0.717) is 25.3 Å². The summed E-state index contributed by atoms with van der Waals surface area (Å²) in [6.07, 6.45) is 1.14. The molecule has 0 saturated carbocycles. The van der Waals surface area contributed by atoms with Crippen LogP contribution in [0.3, 0.4) is 0 Å². The van der Waals surface area contributed by atoms with Crippen molar-refractivity contribution in [3.8, 4) is 5.75 Å². The number of carbonyl (C=O) groups excluding carboxylic acids is 1. The van der Waals surface area contributed by atoms with E-state index in [0.717, 1.165) is 20.9 Å². The van der Waals surface area contributed by atoms with Gasteiger partial charge in [-0.25, -0.2) is 0 Å². The van der Waals surface area contributed by atoms with Gasteiger partial charge in [-0.15, -0.1) is 0 Å². The van der Waals surface area contributed by atoms with Crippen LogP contribution < -0.4 is 15.8 Å². The first-order chi connectivity index (χ1) is 9.43. The molecular weight excluding hydrogens is 388 g/mol. The van der Waals surface area contributed by atoms with E-state index in [1.807, 2.05) is 26.0 Å². The summed E-state index contributed by atoms with van der Waals surface area (Å²) in [5, 5.41) is 2.74. The molecule has 6 heteroatoms. The first-order valence-corrected chi connectivity index (χ1v) is 8.15. The average Bonchev–Trinajstić information content (AvgIpc) is 2.32. The predicted molar refractivity (Wildman–Crippen MR) is 88.0 cm³/mol. The summed E-state index contributed by atoms with van der Waals surface area (Å²) in [6.45, 7) is 4.84. The fourth-order valence-corrected chi connectivity index (χ4v) is 3.28. The molecule has 3 N–H and O–H groups in total. The van der Waals surface area contributed by atoms with Gasteiger partial charge < -0.3 is 15.8 Å². The molecule has 1 aromatic rings. The molecule has 1 rings (SSSR count). The Morgan fingerprint density at radius 3 is 2.50 bits per heavy atom. The molecule has 0 bridgehead atoms. The van der Waals surface area contributed by atoms with Gasteiger partial charge in [0.15, 0.2) is 0 Å². The van der Waals surface area contributed by atoms with E-state index < -0.39 is 0 Å². The zero-order valence-corrected chi connectivity index (χ0v) is 14.9. The Labute approximate surface area is 136 Å². The fraction of sp³-hybridized carbons (Fsp3) is 0.500. The Morgan fingerprint density at radius 1 is 1.40 bits per heavy atom. The third-order valence-electron chi connectivity index (χ3n) is 2.57. The molecule has 0 spiro atoms. The maximum atomic E-state index is 11.4. The van der Waals surface area contributed by atoms with Crippen molar-refractivity contribution < 1.29 is 9.53 Å². The van der Waals surface area contributed by atoms with E-state index in [-0.39, 0.29) is 11.9 Å². The number of ether oxygens (including phenoxy) is 1. The van der Waals surface area contributed by atoms with E-state index in [2.05, 4.69) is 37.2 Å². The van der Waals surface area contributed by atoms with Crippen molar-refractivity contribution in [2.75, 3.05) is 13.2 Å². The molecule has 0 heterocycles. The highest BCUT2D eigenvalue weighted by Gasteiger charge is 2.11. The van der Waals surface area contributed by atoms with Crippen LogP contribution >= 0.6 is 31.9 Å². The van der Waals surface area contributed by atoms with Crippen molar-refractivity contribution in [3.63, 3.8) is 0 Å². The summed E-state index contributed by atoms with van der Waals surface area (Å²) in [6, 6.07) is 4.10. The zero-order valence-electron chi connectivity index (χ0n) is 11.7. The highest BCUT2D eigenvalue weighted by atomic mass is 79.9. The lowest BCUT2D eigenvalue weighted by atomic mass is 10.1. The number of rotatable bonds is 7. The van der Waals surface area contributed by atoms with Crippen LogP contribution in [0.4, 0.5) is 0 Å². The minimum absolute atomic E-state index is 0.00618. The van der Waals surface area contributed by atoms with E-state index >= 15 is 0 Å². The van der Waals surface area contributed by atoms with Gasteiger partial charge in [-0.3, -0.25) is 4.79 Å². The molecule has 1 amide bonds. The number of nitrogens with one attached hydrogen (secondary N) is 1. The van der Waals surface area contributed by atoms with Gasteiger partial charge >= 0.3 is 0 Å². The second kappa shape index (κ2) is 8.64. The molecular formula is C14H20Br2N2O2. The van der Waals surface area contributed by atoms with Crippen molar-refractivity contribution in [1.82, 2.24) is 5.32 Å². The molecule has 0 aliphatic rings. The summed E-state index contributed by atoms with van der Waals surface area (Å²) in [5.41, 5.74) is 6.93. The Kier molecular flexibility index (Phi) is 7.55. The van der Waals surface area contributed by atoms with Crippen molar-refractivity contribution in [3.05, 3.63) is 26.6 Å². The van der Waals surface area contributed by atoms with E-state index in [9.17, 15) is 4.79 Å². The molecule has 1 unspecified atom stereocenters. The number of benzene rings is 1. The third-order valence-corrected chi connectivity index (χ3v) is 3.74.